The number of aromatic nitrogens is 4. The summed E-state index contributed by atoms with van der Waals surface area (Å²) >= 11 is 1.71. The summed E-state index contributed by atoms with van der Waals surface area (Å²) in [6, 6.07) is 8.31. The molecule has 142 valence electrons. The van der Waals surface area contributed by atoms with Crippen LogP contribution < -0.4 is 0 Å². The van der Waals surface area contributed by atoms with Crippen LogP contribution >= 0.6 is 11.3 Å². The molecule has 4 rings (SSSR count). The summed E-state index contributed by atoms with van der Waals surface area (Å²) in [6.45, 7) is 3.72. The molecule has 2 aromatic heterocycles. The molecule has 7 nitrogen and oxygen atoms in total. The van der Waals surface area contributed by atoms with Gasteiger partial charge in [0.1, 0.15) is 6.61 Å². The van der Waals surface area contributed by atoms with Crippen molar-refractivity contribution in [2.75, 3.05) is 13.7 Å². The predicted molar refractivity (Wildman–Crippen MR) is 103 cm³/mol. The third-order valence-corrected chi connectivity index (χ3v) is 5.94. The third kappa shape index (κ3) is 3.72. The Bertz CT molecular complexity index is 918. The molecule has 0 radical (unpaired) electrons. The molecule has 3 heterocycles. The molecule has 3 aromatic rings. The fourth-order valence-corrected chi connectivity index (χ4v) is 4.62. The highest BCUT2D eigenvalue weighted by molar-refractivity contribution is 7.18. The average molecular weight is 385 g/mol. The first-order chi connectivity index (χ1) is 13.2. The van der Waals surface area contributed by atoms with E-state index < -0.39 is 0 Å². The van der Waals surface area contributed by atoms with E-state index in [4.69, 9.17) is 4.74 Å². The summed E-state index contributed by atoms with van der Waals surface area (Å²) in [5.41, 5.74) is 1.04. The molecular formula is C19H23N5O2S. The second-order valence-corrected chi connectivity index (χ2v) is 8.00. The fourth-order valence-electron chi connectivity index (χ4n) is 3.61. The summed E-state index contributed by atoms with van der Waals surface area (Å²) in [6.07, 6.45) is 2.18. The number of amides is 1. The number of fused-ring (bicyclic) bond motifs is 2. The van der Waals surface area contributed by atoms with Crippen LogP contribution in [0, 0.1) is 0 Å². The number of thiazole rings is 1. The minimum atomic E-state index is 0.155. The van der Waals surface area contributed by atoms with E-state index in [0.717, 1.165) is 35.0 Å². The highest BCUT2D eigenvalue weighted by Crippen LogP contribution is 2.24. The number of benzene rings is 1. The van der Waals surface area contributed by atoms with Crippen LogP contribution in [0.15, 0.2) is 24.3 Å². The van der Waals surface area contributed by atoms with Crippen LogP contribution in [-0.2, 0) is 29.1 Å². The Labute approximate surface area is 162 Å². The fraction of sp³-hybridized carbons (Fsp3) is 0.474. The summed E-state index contributed by atoms with van der Waals surface area (Å²) in [4.78, 5) is 19.2. The monoisotopic (exact) mass is 385 g/mol. The van der Waals surface area contributed by atoms with Crippen molar-refractivity contribution in [1.29, 1.82) is 0 Å². The molecule has 0 spiro atoms. The van der Waals surface area contributed by atoms with Crippen molar-refractivity contribution in [2.45, 2.75) is 45.4 Å². The van der Waals surface area contributed by atoms with E-state index in [1.54, 1.807) is 18.4 Å². The van der Waals surface area contributed by atoms with Gasteiger partial charge in [-0.25, -0.2) is 4.98 Å². The van der Waals surface area contributed by atoms with Crippen molar-refractivity contribution in [3.8, 4) is 0 Å². The molecule has 1 aromatic carbocycles. The lowest BCUT2D eigenvalue weighted by Crippen LogP contribution is -2.40. The van der Waals surface area contributed by atoms with E-state index in [-0.39, 0.29) is 11.9 Å². The molecule has 0 unspecified atom stereocenters. The molecule has 0 saturated carbocycles. The van der Waals surface area contributed by atoms with Gasteiger partial charge in [-0.15, -0.1) is 21.5 Å². The quantitative estimate of drug-likeness (QED) is 0.652. The Morgan fingerprint density at radius 3 is 3.00 bits per heavy atom. The largest absolute Gasteiger partial charge is 0.377 e. The van der Waals surface area contributed by atoms with Gasteiger partial charge in [-0.05, 0) is 31.9 Å². The van der Waals surface area contributed by atoms with Gasteiger partial charge in [-0.1, -0.05) is 12.1 Å². The Balaban J connectivity index is 1.34. The number of methoxy groups -OCH3 is 1. The predicted octanol–water partition coefficient (Wildman–Crippen LogP) is 2.96. The Hall–Kier alpha value is -2.32. The lowest BCUT2D eigenvalue weighted by Gasteiger charge is -2.32. The Kier molecular flexibility index (Phi) is 5.18. The van der Waals surface area contributed by atoms with Crippen molar-refractivity contribution in [3.05, 3.63) is 40.9 Å². The SMILES string of the molecule is COCc1nnc2n1[C@@H](C)CN(C(=O)CCCc1nc3ccccc3s1)C2. The summed E-state index contributed by atoms with van der Waals surface area (Å²) in [5, 5.41) is 9.54. The van der Waals surface area contributed by atoms with E-state index in [2.05, 4.69) is 32.7 Å². The van der Waals surface area contributed by atoms with Gasteiger partial charge in [-0.2, -0.15) is 0 Å². The standard InChI is InChI=1S/C19H23N5O2S/c1-13-10-23(11-16-21-22-17(12-26-2)24(13)16)19(25)9-5-8-18-20-14-6-3-4-7-15(14)27-18/h3-4,6-7,13H,5,8-12H2,1-2H3/t13-/m0/s1. The molecule has 1 atom stereocenters. The zero-order valence-corrected chi connectivity index (χ0v) is 16.4. The lowest BCUT2D eigenvalue weighted by atomic mass is 10.1. The first-order valence-corrected chi connectivity index (χ1v) is 10.0. The Morgan fingerprint density at radius 2 is 2.19 bits per heavy atom. The van der Waals surface area contributed by atoms with Crippen molar-refractivity contribution >= 4 is 27.5 Å². The maximum Gasteiger partial charge on any atom is 0.223 e. The molecule has 0 N–H and O–H groups in total. The number of ether oxygens (including phenoxy) is 1. The third-order valence-electron chi connectivity index (χ3n) is 4.84. The van der Waals surface area contributed by atoms with Crippen molar-refractivity contribution in [2.24, 2.45) is 0 Å². The van der Waals surface area contributed by atoms with Gasteiger partial charge in [0.05, 0.1) is 27.8 Å². The zero-order chi connectivity index (χ0) is 18.8. The summed E-state index contributed by atoms with van der Waals surface area (Å²) in [5.74, 6) is 1.83. The van der Waals surface area contributed by atoms with E-state index in [1.807, 2.05) is 23.1 Å². The van der Waals surface area contributed by atoms with Gasteiger partial charge < -0.3 is 14.2 Å². The number of hydrogen-bond donors (Lipinski definition) is 0. The van der Waals surface area contributed by atoms with E-state index in [0.29, 0.717) is 26.1 Å². The average Bonchev–Trinajstić information content (AvgIpc) is 3.26. The molecule has 8 heteroatoms. The van der Waals surface area contributed by atoms with Crippen LogP contribution in [0.2, 0.25) is 0 Å². The number of carbonyl (C=O) groups is 1. The topological polar surface area (TPSA) is 73.1 Å². The smallest absolute Gasteiger partial charge is 0.223 e. The molecule has 0 bridgehead atoms. The van der Waals surface area contributed by atoms with Gasteiger partial charge in [0.2, 0.25) is 5.91 Å². The second-order valence-electron chi connectivity index (χ2n) is 6.89. The molecule has 27 heavy (non-hydrogen) atoms. The van der Waals surface area contributed by atoms with Crippen LogP contribution in [0.5, 0.6) is 0 Å². The van der Waals surface area contributed by atoms with Gasteiger partial charge in [0, 0.05) is 20.1 Å². The maximum atomic E-state index is 12.7. The van der Waals surface area contributed by atoms with Gasteiger partial charge >= 0.3 is 0 Å². The molecule has 0 fully saturated rings. The molecule has 1 aliphatic rings. The van der Waals surface area contributed by atoms with Gasteiger partial charge in [0.25, 0.3) is 0 Å². The summed E-state index contributed by atoms with van der Waals surface area (Å²) in [7, 11) is 1.65. The summed E-state index contributed by atoms with van der Waals surface area (Å²) < 4.78 is 8.48. The van der Waals surface area contributed by atoms with Crippen molar-refractivity contribution in [3.63, 3.8) is 0 Å². The first-order valence-electron chi connectivity index (χ1n) is 9.19. The van der Waals surface area contributed by atoms with E-state index in [9.17, 15) is 4.79 Å². The normalized spacial score (nSPS) is 16.7. The number of para-hydroxylation sites is 1. The van der Waals surface area contributed by atoms with Gasteiger partial charge in [-0.3, -0.25) is 4.79 Å². The van der Waals surface area contributed by atoms with Crippen molar-refractivity contribution in [1.82, 2.24) is 24.6 Å². The van der Waals surface area contributed by atoms with Crippen LogP contribution in [0.3, 0.4) is 0 Å². The first kappa shape index (κ1) is 18.1. The lowest BCUT2D eigenvalue weighted by molar-refractivity contribution is -0.133. The van der Waals surface area contributed by atoms with Gasteiger partial charge in [0.15, 0.2) is 11.6 Å². The molecule has 0 saturated heterocycles. The van der Waals surface area contributed by atoms with Crippen molar-refractivity contribution < 1.29 is 9.53 Å². The van der Waals surface area contributed by atoms with Crippen LogP contribution in [0.1, 0.15) is 42.5 Å². The van der Waals surface area contributed by atoms with Crippen LogP contribution in [-0.4, -0.2) is 44.2 Å². The zero-order valence-electron chi connectivity index (χ0n) is 15.6. The minimum Gasteiger partial charge on any atom is -0.377 e. The molecule has 0 aliphatic carbocycles. The number of aryl methyl sites for hydroxylation is 1. The van der Waals surface area contributed by atoms with Crippen LogP contribution in [0.25, 0.3) is 10.2 Å². The van der Waals surface area contributed by atoms with Crippen LogP contribution in [0.4, 0.5) is 0 Å². The number of hydrogen-bond acceptors (Lipinski definition) is 6. The van der Waals surface area contributed by atoms with E-state index >= 15 is 0 Å². The Morgan fingerprint density at radius 1 is 1.33 bits per heavy atom. The number of carbonyl (C=O) groups excluding carboxylic acids is 1. The maximum absolute atomic E-state index is 12.7. The number of nitrogens with zero attached hydrogens (tertiary/aromatic N) is 5. The molecular weight excluding hydrogens is 362 g/mol. The molecule has 1 amide bonds. The minimum absolute atomic E-state index is 0.155. The van der Waals surface area contributed by atoms with E-state index in [1.165, 1.54) is 4.70 Å². The molecule has 1 aliphatic heterocycles. The highest BCUT2D eigenvalue weighted by atomic mass is 32.1. The highest BCUT2D eigenvalue weighted by Gasteiger charge is 2.28. The number of rotatable bonds is 6. The second kappa shape index (κ2) is 7.74.